The lowest BCUT2D eigenvalue weighted by atomic mass is 10.2. The van der Waals surface area contributed by atoms with Crippen molar-refractivity contribution in [2.75, 3.05) is 13.2 Å². The van der Waals surface area contributed by atoms with Gasteiger partial charge in [-0.05, 0) is 12.0 Å². The maximum Gasteiger partial charge on any atom is 0.332 e. The maximum atomic E-state index is 11.2. The van der Waals surface area contributed by atoms with Crippen LogP contribution in [0.3, 0.4) is 0 Å². The predicted molar refractivity (Wildman–Crippen MR) is 62.0 cm³/mol. The third kappa shape index (κ3) is 5.51. The molecule has 0 aliphatic carbocycles. The summed E-state index contributed by atoms with van der Waals surface area (Å²) in [6, 6.07) is 9.61. The number of carbonyl (C=O) groups excluding carboxylic acids is 1. The number of unbranched alkanes of at least 4 members (excludes halogenated alkanes) is 1. The molecule has 0 bridgehead atoms. The van der Waals surface area contributed by atoms with Crippen molar-refractivity contribution in [1.82, 2.24) is 0 Å². The van der Waals surface area contributed by atoms with Gasteiger partial charge in [-0.1, -0.05) is 43.7 Å². The highest BCUT2D eigenvalue weighted by molar-refractivity contribution is 5.70. The van der Waals surface area contributed by atoms with Crippen LogP contribution in [-0.4, -0.2) is 19.2 Å². The summed E-state index contributed by atoms with van der Waals surface area (Å²) in [4.78, 5) is 11.2. The molecule has 0 aliphatic heterocycles. The van der Waals surface area contributed by atoms with Gasteiger partial charge in [-0.2, -0.15) is 0 Å². The van der Waals surface area contributed by atoms with Crippen LogP contribution in [0, 0.1) is 0 Å². The number of hydrogen-bond acceptors (Lipinski definition) is 3. The fourth-order valence-electron chi connectivity index (χ4n) is 1.18. The van der Waals surface area contributed by atoms with Crippen molar-refractivity contribution in [2.45, 2.75) is 26.4 Å². The monoisotopic (exact) mass is 222 g/mol. The van der Waals surface area contributed by atoms with Crippen LogP contribution in [0.25, 0.3) is 0 Å². The van der Waals surface area contributed by atoms with Gasteiger partial charge in [-0.25, -0.2) is 4.79 Å². The van der Waals surface area contributed by atoms with Crippen molar-refractivity contribution < 1.29 is 14.3 Å². The molecule has 0 heterocycles. The largest absolute Gasteiger partial charge is 0.459 e. The van der Waals surface area contributed by atoms with E-state index in [1.807, 2.05) is 30.3 Å². The Labute approximate surface area is 96.4 Å². The van der Waals surface area contributed by atoms with Crippen molar-refractivity contribution >= 4 is 5.97 Å². The predicted octanol–water partition coefficient (Wildman–Crippen LogP) is 2.55. The Balaban J connectivity index is 2.11. The van der Waals surface area contributed by atoms with Gasteiger partial charge in [0.2, 0.25) is 0 Å². The molecule has 0 unspecified atom stereocenters. The standard InChI is InChI=1S/C13H18O3/c1-2-3-9-15-11-13(14)16-10-12-7-5-4-6-8-12/h4-8H,2-3,9-11H2,1H3. The van der Waals surface area contributed by atoms with Crippen molar-refractivity contribution in [2.24, 2.45) is 0 Å². The summed E-state index contributed by atoms with van der Waals surface area (Å²) in [5, 5.41) is 0. The Morgan fingerprint density at radius 3 is 2.69 bits per heavy atom. The van der Waals surface area contributed by atoms with Gasteiger partial charge in [-0.15, -0.1) is 0 Å². The van der Waals surface area contributed by atoms with Crippen LogP contribution in [0.1, 0.15) is 25.3 Å². The van der Waals surface area contributed by atoms with Crippen LogP contribution in [0.15, 0.2) is 30.3 Å². The second-order valence-electron chi connectivity index (χ2n) is 3.55. The highest BCUT2D eigenvalue weighted by atomic mass is 16.6. The molecule has 16 heavy (non-hydrogen) atoms. The molecule has 3 heteroatoms. The summed E-state index contributed by atoms with van der Waals surface area (Å²) < 4.78 is 10.2. The number of rotatable bonds is 7. The molecular weight excluding hydrogens is 204 g/mol. The van der Waals surface area contributed by atoms with Crippen molar-refractivity contribution in [3.8, 4) is 0 Å². The van der Waals surface area contributed by atoms with Gasteiger partial charge in [0, 0.05) is 6.61 Å². The minimum Gasteiger partial charge on any atom is -0.459 e. The number of ether oxygens (including phenoxy) is 2. The van der Waals surface area contributed by atoms with E-state index in [1.165, 1.54) is 0 Å². The van der Waals surface area contributed by atoms with E-state index < -0.39 is 0 Å². The average molecular weight is 222 g/mol. The SMILES string of the molecule is CCCCOCC(=O)OCc1ccccc1. The Kier molecular flexibility index (Phi) is 6.26. The van der Waals surface area contributed by atoms with E-state index in [4.69, 9.17) is 9.47 Å². The lowest BCUT2D eigenvalue weighted by molar-refractivity contribution is -0.150. The van der Waals surface area contributed by atoms with Gasteiger partial charge in [0.15, 0.2) is 0 Å². The molecule has 0 saturated heterocycles. The third-order valence-electron chi connectivity index (χ3n) is 2.10. The van der Waals surface area contributed by atoms with Crippen LogP contribution in [-0.2, 0) is 20.9 Å². The van der Waals surface area contributed by atoms with Crippen molar-refractivity contribution in [3.63, 3.8) is 0 Å². The molecule has 88 valence electrons. The highest BCUT2D eigenvalue weighted by Crippen LogP contribution is 2.00. The Morgan fingerprint density at radius 1 is 1.25 bits per heavy atom. The minimum atomic E-state index is -0.306. The van der Waals surface area contributed by atoms with Crippen LogP contribution >= 0.6 is 0 Å². The van der Waals surface area contributed by atoms with Gasteiger partial charge in [-0.3, -0.25) is 0 Å². The molecule has 0 spiro atoms. The summed E-state index contributed by atoms with van der Waals surface area (Å²) in [7, 11) is 0. The third-order valence-corrected chi connectivity index (χ3v) is 2.10. The first-order chi connectivity index (χ1) is 7.83. The molecule has 1 rings (SSSR count). The number of esters is 1. The zero-order valence-corrected chi connectivity index (χ0v) is 9.65. The normalized spacial score (nSPS) is 10.1. The van der Waals surface area contributed by atoms with Crippen LogP contribution in [0.5, 0.6) is 0 Å². The lowest BCUT2D eigenvalue weighted by Gasteiger charge is -2.05. The Morgan fingerprint density at radius 2 is 2.00 bits per heavy atom. The van der Waals surface area contributed by atoms with Gasteiger partial charge in [0.25, 0.3) is 0 Å². The van der Waals surface area contributed by atoms with Crippen LogP contribution in [0.2, 0.25) is 0 Å². The molecule has 0 radical (unpaired) electrons. The Hall–Kier alpha value is -1.35. The van der Waals surface area contributed by atoms with E-state index >= 15 is 0 Å². The van der Waals surface area contributed by atoms with E-state index in [2.05, 4.69) is 6.92 Å². The van der Waals surface area contributed by atoms with Gasteiger partial charge in [0.05, 0.1) is 0 Å². The zero-order chi connectivity index (χ0) is 11.6. The summed E-state index contributed by atoms with van der Waals surface area (Å²) in [5.74, 6) is -0.306. The first kappa shape index (κ1) is 12.7. The molecule has 0 amide bonds. The molecule has 0 aromatic heterocycles. The zero-order valence-electron chi connectivity index (χ0n) is 9.65. The minimum absolute atomic E-state index is 0.0484. The summed E-state index contributed by atoms with van der Waals surface area (Å²) >= 11 is 0. The van der Waals surface area contributed by atoms with E-state index in [0.717, 1.165) is 18.4 Å². The molecule has 3 nitrogen and oxygen atoms in total. The fraction of sp³-hybridized carbons (Fsp3) is 0.462. The quantitative estimate of drug-likeness (QED) is 0.525. The van der Waals surface area contributed by atoms with Crippen LogP contribution < -0.4 is 0 Å². The summed E-state index contributed by atoms with van der Waals surface area (Å²) in [6.45, 7) is 3.07. The van der Waals surface area contributed by atoms with Gasteiger partial charge in [0.1, 0.15) is 13.2 Å². The highest BCUT2D eigenvalue weighted by Gasteiger charge is 2.02. The van der Waals surface area contributed by atoms with E-state index in [-0.39, 0.29) is 12.6 Å². The molecule has 0 fully saturated rings. The van der Waals surface area contributed by atoms with E-state index in [0.29, 0.717) is 13.2 Å². The summed E-state index contributed by atoms with van der Waals surface area (Å²) in [5.41, 5.74) is 0.990. The molecule has 0 saturated carbocycles. The smallest absolute Gasteiger partial charge is 0.332 e. The second-order valence-corrected chi connectivity index (χ2v) is 3.55. The number of benzene rings is 1. The van der Waals surface area contributed by atoms with Crippen molar-refractivity contribution in [3.05, 3.63) is 35.9 Å². The first-order valence-electron chi connectivity index (χ1n) is 5.60. The maximum absolute atomic E-state index is 11.2. The molecule has 1 aromatic rings. The van der Waals surface area contributed by atoms with Gasteiger partial charge >= 0.3 is 5.97 Å². The van der Waals surface area contributed by atoms with Crippen LogP contribution in [0.4, 0.5) is 0 Å². The summed E-state index contributed by atoms with van der Waals surface area (Å²) in [6.07, 6.45) is 2.05. The second kappa shape index (κ2) is 7.88. The molecule has 0 N–H and O–H groups in total. The number of hydrogen-bond donors (Lipinski definition) is 0. The number of carbonyl (C=O) groups is 1. The first-order valence-corrected chi connectivity index (χ1v) is 5.60. The average Bonchev–Trinajstić information content (AvgIpc) is 2.33. The topological polar surface area (TPSA) is 35.5 Å². The molecule has 0 atom stereocenters. The van der Waals surface area contributed by atoms with E-state index in [9.17, 15) is 4.79 Å². The Bertz CT molecular complexity index is 295. The van der Waals surface area contributed by atoms with Crippen molar-refractivity contribution in [1.29, 1.82) is 0 Å². The van der Waals surface area contributed by atoms with Gasteiger partial charge < -0.3 is 9.47 Å². The molecule has 1 aromatic carbocycles. The van der Waals surface area contributed by atoms with E-state index in [1.54, 1.807) is 0 Å². The lowest BCUT2D eigenvalue weighted by Crippen LogP contribution is -2.13. The fourth-order valence-corrected chi connectivity index (χ4v) is 1.18. The molecule has 0 aliphatic rings. The molecular formula is C13H18O3.